The third kappa shape index (κ3) is 2.92. The maximum absolute atomic E-state index is 10.5. The van der Waals surface area contributed by atoms with E-state index >= 15 is 0 Å². The number of carboxylic acids is 1. The zero-order valence-electron chi connectivity index (χ0n) is 12.0. The molecule has 0 aliphatic heterocycles. The Balaban J connectivity index is 1.79. The van der Waals surface area contributed by atoms with Crippen molar-refractivity contribution in [1.82, 2.24) is 4.57 Å². The van der Waals surface area contributed by atoms with Crippen LogP contribution in [0.2, 0.25) is 0 Å². The largest absolute Gasteiger partial charge is 0.481 e. The van der Waals surface area contributed by atoms with Gasteiger partial charge in [0.2, 0.25) is 0 Å². The van der Waals surface area contributed by atoms with Crippen LogP contribution in [0.5, 0.6) is 0 Å². The lowest BCUT2D eigenvalue weighted by atomic mass is 10.1. The highest BCUT2D eigenvalue weighted by atomic mass is 16.4. The number of aromatic nitrogens is 1. The monoisotopic (exact) mass is 281 g/mol. The number of benzene rings is 2. The molecule has 0 bridgehead atoms. The summed E-state index contributed by atoms with van der Waals surface area (Å²) in [6.07, 6.45) is 5.13. The zero-order valence-corrected chi connectivity index (χ0v) is 12.0. The number of rotatable bonds is 6. The number of unbranched alkanes of at least 4 members (excludes halogenated alkanes) is 2. The van der Waals surface area contributed by atoms with E-state index in [1.807, 2.05) is 0 Å². The van der Waals surface area contributed by atoms with Gasteiger partial charge < -0.3 is 9.67 Å². The minimum absolute atomic E-state index is 0.273. The van der Waals surface area contributed by atoms with E-state index in [9.17, 15) is 4.79 Å². The molecule has 3 heteroatoms. The van der Waals surface area contributed by atoms with E-state index in [1.54, 1.807) is 0 Å². The predicted octanol–water partition coefficient (Wildman–Crippen LogP) is 4.44. The Kier molecular flexibility index (Phi) is 3.91. The molecule has 0 unspecified atom stereocenters. The van der Waals surface area contributed by atoms with Crippen LogP contribution in [-0.2, 0) is 11.3 Å². The normalized spacial score (nSPS) is 11.2. The first-order valence-electron chi connectivity index (χ1n) is 7.44. The Labute approximate surface area is 123 Å². The van der Waals surface area contributed by atoms with Gasteiger partial charge in [-0.25, -0.2) is 0 Å². The van der Waals surface area contributed by atoms with Crippen LogP contribution in [0.4, 0.5) is 0 Å². The summed E-state index contributed by atoms with van der Waals surface area (Å²) in [6, 6.07) is 14.9. The zero-order chi connectivity index (χ0) is 14.7. The molecule has 3 rings (SSSR count). The number of hydrogen-bond acceptors (Lipinski definition) is 1. The summed E-state index contributed by atoms with van der Waals surface area (Å²) >= 11 is 0. The summed E-state index contributed by atoms with van der Waals surface area (Å²) in [5.74, 6) is -0.701. The molecular weight excluding hydrogens is 262 g/mol. The van der Waals surface area contributed by atoms with Gasteiger partial charge >= 0.3 is 5.97 Å². The maximum atomic E-state index is 10.5. The Morgan fingerprint density at radius 2 is 1.76 bits per heavy atom. The van der Waals surface area contributed by atoms with Crippen LogP contribution in [-0.4, -0.2) is 15.6 Å². The second-order valence-electron chi connectivity index (χ2n) is 5.44. The van der Waals surface area contributed by atoms with Gasteiger partial charge in [0.25, 0.3) is 0 Å². The van der Waals surface area contributed by atoms with E-state index < -0.39 is 5.97 Å². The number of carboxylic acid groups (broad SMARTS) is 1. The average molecular weight is 281 g/mol. The van der Waals surface area contributed by atoms with Crippen molar-refractivity contribution in [3.05, 3.63) is 48.7 Å². The fourth-order valence-corrected chi connectivity index (χ4v) is 2.89. The van der Waals surface area contributed by atoms with Crippen molar-refractivity contribution >= 4 is 27.6 Å². The highest BCUT2D eigenvalue weighted by Crippen LogP contribution is 2.26. The molecule has 3 nitrogen and oxygen atoms in total. The summed E-state index contributed by atoms with van der Waals surface area (Å²) in [7, 11) is 0. The van der Waals surface area contributed by atoms with Gasteiger partial charge in [-0.15, -0.1) is 0 Å². The van der Waals surface area contributed by atoms with Crippen molar-refractivity contribution in [2.24, 2.45) is 0 Å². The quantitative estimate of drug-likeness (QED) is 0.679. The topological polar surface area (TPSA) is 42.2 Å². The third-order valence-electron chi connectivity index (χ3n) is 3.94. The second-order valence-corrected chi connectivity index (χ2v) is 5.44. The fourth-order valence-electron chi connectivity index (χ4n) is 2.89. The van der Waals surface area contributed by atoms with E-state index in [1.165, 1.54) is 21.7 Å². The third-order valence-corrected chi connectivity index (χ3v) is 3.94. The van der Waals surface area contributed by atoms with Gasteiger partial charge in [0, 0.05) is 29.9 Å². The number of aryl methyl sites for hydroxylation is 1. The molecule has 0 saturated carbocycles. The standard InChI is InChI=1S/C18H19NO2/c20-17(21)8-2-1-5-12-19-13-11-15-10-9-14-6-3-4-7-16(14)18(15)19/h3-4,6-7,9-11,13H,1-2,5,8,12H2,(H,20,21). The Hall–Kier alpha value is -2.29. The van der Waals surface area contributed by atoms with Gasteiger partial charge in [-0.2, -0.15) is 0 Å². The highest BCUT2D eigenvalue weighted by Gasteiger charge is 2.05. The first-order chi connectivity index (χ1) is 10.3. The molecule has 0 spiro atoms. The molecule has 1 N–H and O–H groups in total. The molecule has 108 valence electrons. The van der Waals surface area contributed by atoms with Gasteiger partial charge in [0.1, 0.15) is 0 Å². The van der Waals surface area contributed by atoms with Crippen LogP contribution < -0.4 is 0 Å². The van der Waals surface area contributed by atoms with Crippen LogP contribution in [0.25, 0.3) is 21.7 Å². The van der Waals surface area contributed by atoms with Crippen molar-refractivity contribution in [2.45, 2.75) is 32.2 Å². The Morgan fingerprint density at radius 1 is 0.952 bits per heavy atom. The molecule has 21 heavy (non-hydrogen) atoms. The average Bonchev–Trinajstić information content (AvgIpc) is 2.90. The number of fused-ring (bicyclic) bond motifs is 3. The van der Waals surface area contributed by atoms with Crippen LogP contribution in [0.1, 0.15) is 25.7 Å². The van der Waals surface area contributed by atoms with E-state index in [2.05, 4.69) is 53.2 Å². The molecule has 0 aliphatic carbocycles. The van der Waals surface area contributed by atoms with Crippen molar-refractivity contribution < 1.29 is 9.90 Å². The summed E-state index contributed by atoms with van der Waals surface area (Å²) in [5.41, 5.74) is 1.28. The smallest absolute Gasteiger partial charge is 0.303 e. The minimum Gasteiger partial charge on any atom is -0.481 e. The van der Waals surface area contributed by atoms with Gasteiger partial charge in [-0.3, -0.25) is 4.79 Å². The van der Waals surface area contributed by atoms with E-state index in [4.69, 9.17) is 5.11 Å². The molecule has 0 radical (unpaired) electrons. The summed E-state index contributed by atoms with van der Waals surface area (Å²) in [4.78, 5) is 10.5. The minimum atomic E-state index is -0.701. The van der Waals surface area contributed by atoms with Crippen molar-refractivity contribution in [2.75, 3.05) is 0 Å². The Bertz CT molecular complexity index is 773. The molecule has 0 atom stereocenters. The van der Waals surface area contributed by atoms with Crippen LogP contribution >= 0.6 is 0 Å². The Morgan fingerprint density at radius 3 is 2.62 bits per heavy atom. The van der Waals surface area contributed by atoms with E-state index in [-0.39, 0.29) is 6.42 Å². The van der Waals surface area contributed by atoms with Crippen molar-refractivity contribution in [3.8, 4) is 0 Å². The van der Waals surface area contributed by atoms with Crippen LogP contribution in [0.3, 0.4) is 0 Å². The van der Waals surface area contributed by atoms with Gasteiger partial charge in [0.15, 0.2) is 0 Å². The SMILES string of the molecule is O=C(O)CCCCCn1ccc2ccc3ccccc3c21. The molecule has 0 aliphatic rings. The number of hydrogen-bond donors (Lipinski definition) is 1. The molecule has 1 aromatic heterocycles. The van der Waals surface area contributed by atoms with Gasteiger partial charge in [0.05, 0.1) is 5.52 Å². The maximum Gasteiger partial charge on any atom is 0.303 e. The van der Waals surface area contributed by atoms with E-state index in [0.29, 0.717) is 0 Å². The first-order valence-corrected chi connectivity index (χ1v) is 7.44. The molecule has 0 amide bonds. The second kappa shape index (κ2) is 6.00. The lowest BCUT2D eigenvalue weighted by Gasteiger charge is -2.08. The van der Waals surface area contributed by atoms with Crippen molar-refractivity contribution in [1.29, 1.82) is 0 Å². The summed E-state index contributed by atoms with van der Waals surface area (Å²) < 4.78 is 2.29. The molecule has 0 saturated heterocycles. The van der Waals surface area contributed by atoms with Crippen molar-refractivity contribution in [3.63, 3.8) is 0 Å². The molecule has 3 aromatic rings. The molecule has 0 fully saturated rings. The molecular formula is C18H19NO2. The number of aliphatic carboxylic acids is 1. The van der Waals surface area contributed by atoms with Crippen LogP contribution in [0, 0.1) is 0 Å². The van der Waals surface area contributed by atoms with Gasteiger partial charge in [-0.05, 0) is 24.3 Å². The number of carbonyl (C=O) groups is 1. The number of nitrogens with zero attached hydrogens (tertiary/aromatic N) is 1. The lowest BCUT2D eigenvalue weighted by Crippen LogP contribution is -1.98. The van der Waals surface area contributed by atoms with Crippen LogP contribution in [0.15, 0.2) is 48.7 Å². The van der Waals surface area contributed by atoms with E-state index in [0.717, 1.165) is 25.8 Å². The van der Waals surface area contributed by atoms with Gasteiger partial charge in [-0.1, -0.05) is 42.8 Å². The summed E-state index contributed by atoms with van der Waals surface area (Å²) in [6.45, 7) is 0.942. The predicted molar refractivity (Wildman–Crippen MR) is 85.5 cm³/mol. The first kappa shape index (κ1) is 13.7. The molecule has 1 heterocycles. The molecule has 2 aromatic carbocycles. The lowest BCUT2D eigenvalue weighted by molar-refractivity contribution is -0.137. The fraction of sp³-hybridized carbons (Fsp3) is 0.278. The highest BCUT2D eigenvalue weighted by molar-refractivity contribution is 6.05. The summed E-state index contributed by atoms with van der Waals surface area (Å²) in [5, 5.41) is 12.5.